The lowest BCUT2D eigenvalue weighted by Crippen LogP contribution is -2.29. The molecule has 0 saturated carbocycles. The Balaban J connectivity index is 1.54. The number of aryl methyl sites for hydroxylation is 1. The van der Waals surface area contributed by atoms with Crippen molar-refractivity contribution in [3.05, 3.63) is 59.9 Å². The number of amides is 1. The summed E-state index contributed by atoms with van der Waals surface area (Å²) in [6, 6.07) is 7.65. The minimum Gasteiger partial charge on any atom is -0.494 e. The highest BCUT2D eigenvalue weighted by Crippen LogP contribution is 2.17. The van der Waals surface area contributed by atoms with Crippen LogP contribution in [0.15, 0.2) is 42.7 Å². The summed E-state index contributed by atoms with van der Waals surface area (Å²) in [5.74, 6) is 1.02. The maximum atomic E-state index is 13.7. The van der Waals surface area contributed by atoms with Crippen LogP contribution in [-0.4, -0.2) is 45.9 Å². The molecule has 2 N–H and O–H groups in total. The lowest BCUT2D eigenvalue weighted by atomic mass is 10.2. The highest BCUT2D eigenvalue weighted by Gasteiger charge is 2.10. The van der Waals surface area contributed by atoms with Gasteiger partial charge in [-0.25, -0.2) is 19.0 Å². The van der Waals surface area contributed by atoms with Gasteiger partial charge in [-0.15, -0.1) is 0 Å². The largest absolute Gasteiger partial charge is 0.494 e. The van der Waals surface area contributed by atoms with Crippen LogP contribution in [0, 0.1) is 12.7 Å². The van der Waals surface area contributed by atoms with Crippen molar-refractivity contribution in [1.29, 1.82) is 0 Å². The summed E-state index contributed by atoms with van der Waals surface area (Å²) < 4.78 is 20.2. The number of halogens is 1. The topological polar surface area (TPSA) is 94.0 Å². The molecule has 0 unspecified atom stereocenters. The van der Waals surface area contributed by atoms with Gasteiger partial charge in [0.2, 0.25) is 0 Å². The molecule has 0 radical (unpaired) electrons. The molecule has 0 fully saturated rings. The number of aromatic nitrogens is 4. The van der Waals surface area contributed by atoms with Crippen molar-refractivity contribution in [3.8, 4) is 11.6 Å². The number of rotatable bonds is 7. The number of anilines is 1. The third-order valence-corrected chi connectivity index (χ3v) is 3.69. The molecular weight excluding hydrogens is 351 g/mol. The van der Waals surface area contributed by atoms with E-state index in [1.54, 1.807) is 30.1 Å². The smallest absolute Gasteiger partial charge is 0.251 e. The van der Waals surface area contributed by atoms with Crippen LogP contribution in [0.5, 0.6) is 5.75 Å². The van der Waals surface area contributed by atoms with E-state index in [9.17, 15) is 9.18 Å². The molecule has 1 amide bonds. The van der Waals surface area contributed by atoms with Gasteiger partial charge in [-0.2, -0.15) is 5.10 Å². The molecule has 9 heteroatoms. The van der Waals surface area contributed by atoms with Crippen LogP contribution in [0.3, 0.4) is 0 Å². The molecule has 0 atom stereocenters. The van der Waals surface area contributed by atoms with E-state index in [-0.39, 0.29) is 17.2 Å². The first-order valence-electron chi connectivity index (χ1n) is 8.28. The van der Waals surface area contributed by atoms with Crippen LogP contribution in [0.2, 0.25) is 0 Å². The molecule has 140 valence electrons. The highest BCUT2D eigenvalue weighted by molar-refractivity contribution is 5.94. The van der Waals surface area contributed by atoms with Crippen LogP contribution < -0.4 is 15.4 Å². The van der Waals surface area contributed by atoms with Gasteiger partial charge in [0.05, 0.1) is 7.11 Å². The predicted octanol–water partition coefficient (Wildman–Crippen LogP) is 1.96. The summed E-state index contributed by atoms with van der Waals surface area (Å²) in [6.07, 6.45) is 3.46. The Hall–Kier alpha value is -3.49. The molecule has 0 aliphatic heterocycles. The molecular formula is C18H19FN6O2. The number of nitrogens with zero attached hydrogens (tertiary/aromatic N) is 4. The van der Waals surface area contributed by atoms with E-state index in [1.807, 2.05) is 6.07 Å². The fourth-order valence-corrected chi connectivity index (χ4v) is 2.44. The SMILES string of the molecule is COc1ccc(C(=O)NCCNc2cc(-n3cccn3)nc(C)n2)cc1F. The van der Waals surface area contributed by atoms with Crippen molar-refractivity contribution >= 4 is 11.7 Å². The fourth-order valence-electron chi connectivity index (χ4n) is 2.44. The second-order valence-electron chi connectivity index (χ2n) is 5.64. The van der Waals surface area contributed by atoms with Crippen LogP contribution in [0.4, 0.5) is 10.2 Å². The molecule has 0 spiro atoms. The van der Waals surface area contributed by atoms with E-state index >= 15 is 0 Å². The summed E-state index contributed by atoms with van der Waals surface area (Å²) in [6.45, 7) is 2.57. The highest BCUT2D eigenvalue weighted by atomic mass is 19.1. The minimum atomic E-state index is -0.578. The molecule has 0 aliphatic rings. The Bertz CT molecular complexity index is 930. The zero-order valence-electron chi connectivity index (χ0n) is 14.9. The maximum absolute atomic E-state index is 13.7. The van der Waals surface area contributed by atoms with Gasteiger partial charge in [-0.3, -0.25) is 4.79 Å². The van der Waals surface area contributed by atoms with Gasteiger partial charge in [0.1, 0.15) is 11.6 Å². The summed E-state index contributed by atoms with van der Waals surface area (Å²) in [5.41, 5.74) is 0.229. The molecule has 8 nitrogen and oxygen atoms in total. The quantitative estimate of drug-likeness (QED) is 0.618. The van der Waals surface area contributed by atoms with E-state index < -0.39 is 5.82 Å². The number of ether oxygens (including phenoxy) is 1. The first kappa shape index (κ1) is 18.3. The second-order valence-corrected chi connectivity index (χ2v) is 5.64. The summed E-state index contributed by atoms with van der Waals surface area (Å²) >= 11 is 0. The first-order valence-corrected chi connectivity index (χ1v) is 8.28. The van der Waals surface area contributed by atoms with Gasteiger partial charge in [0.15, 0.2) is 17.4 Å². The van der Waals surface area contributed by atoms with E-state index in [2.05, 4.69) is 25.7 Å². The zero-order valence-corrected chi connectivity index (χ0v) is 14.9. The number of hydrogen-bond acceptors (Lipinski definition) is 6. The number of carbonyl (C=O) groups is 1. The fraction of sp³-hybridized carbons (Fsp3) is 0.222. The van der Waals surface area contributed by atoms with Crippen molar-refractivity contribution in [2.45, 2.75) is 6.92 Å². The lowest BCUT2D eigenvalue weighted by Gasteiger charge is -2.10. The monoisotopic (exact) mass is 370 g/mol. The Morgan fingerprint density at radius 1 is 1.26 bits per heavy atom. The van der Waals surface area contributed by atoms with Gasteiger partial charge < -0.3 is 15.4 Å². The Kier molecular flexibility index (Phi) is 5.60. The average molecular weight is 370 g/mol. The van der Waals surface area contributed by atoms with E-state index in [4.69, 9.17) is 4.74 Å². The van der Waals surface area contributed by atoms with Crippen LogP contribution in [0.1, 0.15) is 16.2 Å². The number of benzene rings is 1. The number of methoxy groups -OCH3 is 1. The van der Waals surface area contributed by atoms with Gasteiger partial charge in [-0.05, 0) is 31.2 Å². The van der Waals surface area contributed by atoms with Crippen LogP contribution in [-0.2, 0) is 0 Å². The molecule has 3 aromatic rings. The normalized spacial score (nSPS) is 10.5. The van der Waals surface area contributed by atoms with Crippen LogP contribution in [0.25, 0.3) is 5.82 Å². The predicted molar refractivity (Wildman–Crippen MR) is 97.7 cm³/mol. The Morgan fingerprint density at radius 2 is 2.11 bits per heavy atom. The Morgan fingerprint density at radius 3 is 2.81 bits per heavy atom. The van der Waals surface area contributed by atoms with Crippen molar-refractivity contribution in [1.82, 2.24) is 25.1 Å². The van der Waals surface area contributed by atoms with Gasteiger partial charge >= 0.3 is 0 Å². The maximum Gasteiger partial charge on any atom is 0.251 e. The molecule has 1 aromatic carbocycles. The molecule has 2 aromatic heterocycles. The molecule has 2 heterocycles. The van der Waals surface area contributed by atoms with Crippen LogP contribution >= 0.6 is 0 Å². The van der Waals surface area contributed by atoms with E-state index in [0.717, 1.165) is 6.07 Å². The number of carbonyl (C=O) groups excluding carboxylic acids is 1. The van der Waals surface area contributed by atoms with Gasteiger partial charge in [0, 0.05) is 37.1 Å². The zero-order chi connectivity index (χ0) is 19.2. The molecule has 0 bridgehead atoms. The summed E-state index contributed by atoms with van der Waals surface area (Å²) in [7, 11) is 1.37. The van der Waals surface area contributed by atoms with Crippen molar-refractivity contribution in [3.63, 3.8) is 0 Å². The first-order chi connectivity index (χ1) is 13.1. The Labute approximate surface area is 155 Å². The average Bonchev–Trinajstić information content (AvgIpc) is 3.19. The van der Waals surface area contributed by atoms with Crippen molar-refractivity contribution in [2.75, 3.05) is 25.5 Å². The third kappa shape index (κ3) is 4.57. The third-order valence-electron chi connectivity index (χ3n) is 3.69. The number of hydrogen-bond donors (Lipinski definition) is 2. The van der Waals surface area contributed by atoms with Crippen molar-refractivity contribution in [2.24, 2.45) is 0 Å². The number of nitrogens with one attached hydrogen (secondary N) is 2. The lowest BCUT2D eigenvalue weighted by molar-refractivity contribution is 0.0954. The summed E-state index contributed by atoms with van der Waals surface area (Å²) in [5, 5.41) is 9.99. The second kappa shape index (κ2) is 8.26. The molecule has 0 saturated heterocycles. The van der Waals surface area contributed by atoms with Gasteiger partial charge in [0.25, 0.3) is 5.91 Å². The summed E-state index contributed by atoms with van der Waals surface area (Å²) in [4.78, 5) is 20.7. The van der Waals surface area contributed by atoms with Gasteiger partial charge in [-0.1, -0.05) is 0 Å². The van der Waals surface area contributed by atoms with E-state index in [1.165, 1.54) is 19.2 Å². The van der Waals surface area contributed by atoms with E-state index in [0.29, 0.717) is 30.5 Å². The molecule has 27 heavy (non-hydrogen) atoms. The van der Waals surface area contributed by atoms with Crippen molar-refractivity contribution < 1.29 is 13.9 Å². The molecule has 0 aliphatic carbocycles. The minimum absolute atomic E-state index is 0.0975. The standard InChI is InChI=1S/C18H19FN6O2/c1-12-23-16(11-17(24-12)25-9-3-6-22-25)20-7-8-21-18(26)13-4-5-15(27-2)14(19)10-13/h3-6,9-11H,7-8H2,1-2H3,(H,21,26)(H,20,23,24). The molecule has 3 rings (SSSR count).